The van der Waals surface area contributed by atoms with Gasteiger partial charge in [0.25, 0.3) is 5.91 Å². The molecule has 1 aromatic carbocycles. The van der Waals surface area contributed by atoms with Gasteiger partial charge in [-0.2, -0.15) is 5.10 Å². The van der Waals surface area contributed by atoms with Gasteiger partial charge in [0.1, 0.15) is 7.11 Å². The van der Waals surface area contributed by atoms with E-state index in [1.54, 1.807) is 26.0 Å². The molecule has 6 heteroatoms. The van der Waals surface area contributed by atoms with Gasteiger partial charge < -0.3 is 9.74 Å². The van der Waals surface area contributed by atoms with E-state index >= 15 is 0 Å². The van der Waals surface area contributed by atoms with Crippen LogP contribution < -0.4 is 5.01 Å². The quantitative estimate of drug-likeness (QED) is 0.606. The molecule has 0 heterocycles. The van der Waals surface area contributed by atoms with Crippen LogP contribution in [0.5, 0.6) is 0 Å². The number of para-hydroxylation sites is 1. The lowest BCUT2D eigenvalue weighted by Gasteiger charge is -2.16. The van der Waals surface area contributed by atoms with E-state index in [4.69, 9.17) is 4.84 Å². The van der Waals surface area contributed by atoms with E-state index in [2.05, 4.69) is 10.3 Å². The maximum atomic E-state index is 12.0. The summed E-state index contributed by atoms with van der Waals surface area (Å²) in [5.74, 6) is -0.255. The van der Waals surface area contributed by atoms with Crippen molar-refractivity contribution >= 4 is 23.0 Å². The number of benzene rings is 1. The summed E-state index contributed by atoms with van der Waals surface area (Å²) >= 11 is 0. The number of hydrazone groups is 1. The Labute approximate surface area is 119 Å². The fourth-order valence-corrected chi connectivity index (χ4v) is 1.54. The van der Waals surface area contributed by atoms with Gasteiger partial charge in [0.2, 0.25) is 0 Å². The first kappa shape index (κ1) is 15.7. The summed E-state index contributed by atoms with van der Waals surface area (Å²) in [5, 5.41) is 9.81. The SMILES string of the molecule is CO/N=C(C(=O)N(C)C)/C(C)=N\N(C)c1ccccc1. The van der Waals surface area contributed by atoms with Crippen molar-refractivity contribution in [2.24, 2.45) is 10.3 Å². The number of carbonyl (C=O) groups excluding carboxylic acids is 1. The minimum atomic E-state index is -0.255. The average Bonchev–Trinajstić information content (AvgIpc) is 2.44. The van der Waals surface area contributed by atoms with Crippen molar-refractivity contribution in [1.29, 1.82) is 0 Å². The second-order valence-corrected chi connectivity index (χ2v) is 4.37. The van der Waals surface area contributed by atoms with E-state index in [0.717, 1.165) is 5.69 Å². The zero-order valence-electron chi connectivity index (χ0n) is 12.5. The summed E-state index contributed by atoms with van der Waals surface area (Å²) in [4.78, 5) is 18.2. The number of amides is 1. The van der Waals surface area contributed by atoms with Gasteiger partial charge in [0, 0.05) is 21.1 Å². The number of oxime groups is 1. The summed E-state index contributed by atoms with van der Waals surface area (Å²) in [7, 11) is 6.52. The predicted molar refractivity (Wildman–Crippen MR) is 81.1 cm³/mol. The molecule has 0 aliphatic rings. The van der Waals surface area contributed by atoms with Crippen LogP contribution in [0.1, 0.15) is 6.92 Å². The van der Waals surface area contributed by atoms with Gasteiger partial charge in [-0.05, 0) is 19.1 Å². The summed E-state index contributed by atoms with van der Waals surface area (Å²) in [6, 6.07) is 9.63. The van der Waals surface area contributed by atoms with E-state index < -0.39 is 0 Å². The van der Waals surface area contributed by atoms with E-state index in [-0.39, 0.29) is 11.6 Å². The first-order chi connectivity index (χ1) is 9.47. The van der Waals surface area contributed by atoms with Crippen LogP contribution in [0.25, 0.3) is 0 Å². The predicted octanol–water partition coefficient (Wildman–Crippen LogP) is 1.59. The minimum Gasteiger partial charge on any atom is -0.398 e. The van der Waals surface area contributed by atoms with Crippen LogP contribution in [0.3, 0.4) is 0 Å². The third-order valence-electron chi connectivity index (χ3n) is 2.56. The number of anilines is 1. The molecule has 0 saturated carbocycles. The third-order valence-corrected chi connectivity index (χ3v) is 2.56. The molecular formula is C14H20N4O2. The molecule has 1 aromatic rings. The van der Waals surface area contributed by atoms with E-state index in [0.29, 0.717) is 5.71 Å². The van der Waals surface area contributed by atoms with Crippen molar-refractivity contribution in [3.05, 3.63) is 30.3 Å². The number of nitrogens with zero attached hydrogens (tertiary/aromatic N) is 4. The molecule has 108 valence electrons. The maximum absolute atomic E-state index is 12.0. The third kappa shape index (κ3) is 4.08. The van der Waals surface area contributed by atoms with E-state index in [9.17, 15) is 4.79 Å². The normalized spacial score (nSPS) is 12.1. The van der Waals surface area contributed by atoms with Crippen molar-refractivity contribution in [3.8, 4) is 0 Å². The van der Waals surface area contributed by atoms with Gasteiger partial charge >= 0.3 is 0 Å². The van der Waals surface area contributed by atoms with Crippen molar-refractivity contribution in [2.75, 3.05) is 33.3 Å². The first-order valence-corrected chi connectivity index (χ1v) is 6.14. The molecular weight excluding hydrogens is 256 g/mol. The summed E-state index contributed by atoms with van der Waals surface area (Å²) in [6.07, 6.45) is 0. The molecule has 0 N–H and O–H groups in total. The molecule has 0 aliphatic carbocycles. The van der Waals surface area contributed by atoms with Gasteiger partial charge in [-0.25, -0.2) is 0 Å². The Bertz CT molecular complexity index is 509. The molecule has 0 unspecified atom stereocenters. The molecule has 0 aliphatic heterocycles. The Kier molecular flexibility index (Phi) is 5.71. The molecule has 0 radical (unpaired) electrons. The monoisotopic (exact) mass is 276 g/mol. The Morgan fingerprint density at radius 1 is 1.15 bits per heavy atom. The summed E-state index contributed by atoms with van der Waals surface area (Å²) in [6.45, 7) is 1.72. The molecule has 0 saturated heterocycles. The van der Waals surface area contributed by atoms with Gasteiger partial charge in [-0.15, -0.1) is 0 Å². The fourth-order valence-electron chi connectivity index (χ4n) is 1.54. The van der Waals surface area contributed by atoms with Gasteiger partial charge in [0.05, 0.1) is 11.4 Å². The molecule has 0 fully saturated rings. The highest BCUT2D eigenvalue weighted by molar-refractivity contribution is 6.66. The molecule has 20 heavy (non-hydrogen) atoms. The van der Waals surface area contributed by atoms with Crippen LogP contribution in [0, 0.1) is 0 Å². The van der Waals surface area contributed by atoms with Gasteiger partial charge in [0.15, 0.2) is 5.71 Å². The van der Waals surface area contributed by atoms with E-state index in [1.165, 1.54) is 12.0 Å². The summed E-state index contributed by atoms with van der Waals surface area (Å²) < 4.78 is 0. The lowest BCUT2D eigenvalue weighted by molar-refractivity contribution is -0.121. The minimum absolute atomic E-state index is 0.181. The van der Waals surface area contributed by atoms with Gasteiger partial charge in [-0.3, -0.25) is 9.80 Å². The number of hydrogen-bond acceptors (Lipinski definition) is 5. The highest BCUT2D eigenvalue weighted by Gasteiger charge is 2.18. The Morgan fingerprint density at radius 2 is 1.75 bits per heavy atom. The summed E-state index contributed by atoms with van der Waals surface area (Å²) in [5.41, 5.74) is 1.58. The van der Waals surface area contributed by atoms with Crippen molar-refractivity contribution < 1.29 is 9.63 Å². The van der Waals surface area contributed by atoms with Crippen LogP contribution in [-0.2, 0) is 9.63 Å². The van der Waals surface area contributed by atoms with Crippen LogP contribution in [0.2, 0.25) is 0 Å². The first-order valence-electron chi connectivity index (χ1n) is 6.14. The molecule has 6 nitrogen and oxygen atoms in total. The lowest BCUT2D eigenvalue weighted by atomic mass is 10.2. The zero-order chi connectivity index (χ0) is 15.1. The number of rotatable bonds is 5. The van der Waals surface area contributed by atoms with Gasteiger partial charge in [-0.1, -0.05) is 23.4 Å². The fraction of sp³-hybridized carbons (Fsp3) is 0.357. The lowest BCUT2D eigenvalue weighted by Crippen LogP contribution is -2.35. The van der Waals surface area contributed by atoms with Crippen molar-refractivity contribution in [1.82, 2.24) is 4.90 Å². The molecule has 0 aromatic heterocycles. The van der Waals surface area contributed by atoms with Crippen LogP contribution >= 0.6 is 0 Å². The Morgan fingerprint density at radius 3 is 2.25 bits per heavy atom. The maximum Gasteiger partial charge on any atom is 0.277 e. The van der Waals surface area contributed by atoms with Crippen molar-refractivity contribution in [2.45, 2.75) is 6.92 Å². The topological polar surface area (TPSA) is 57.5 Å². The van der Waals surface area contributed by atoms with Crippen molar-refractivity contribution in [3.63, 3.8) is 0 Å². The Balaban J connectivity index is 3.01. The highest BCUT2D eigenvalue weighted by Crippen LogP contribution is 2.11. The Hall–Kier alpha value is -2.37. The smallest absolute Gasteiger partial charge is 0.277 e. The molecule has 0 spiro atoms. The number of carbonyl (C=O) groups is 1. The van der Waals surface area contributed by atoms with Crippen LogP contribution in [-0.4, -0.2) is 50.5 Å². The highest BCUT2D eigenvalue weighted by atomic mass is 16.6. The van der Waals surface area contributed by atoms with E-state index in [1.807, 2.05) is 37.4 Å². The standard InChI is InChI=1S/C14H20N4O2/c1-11(13(16-20-5)14(19)17(2)3)15-18(4)12-9-7-6-8-10-12/h6-10H,1-5H3/b15-11-,16-13-. The van der Waals surface area contributed by atoms with Crippen LogP contribution in [0.4, 0.5) is 5.69 Å². The second-order valence-electron chi connectivity index (χ2n) is 4.37. The number of hydrogen-bond donors (Lipinski definition) is 0. The molecule has 1 amide bonds. The average molecular weight is 276 g/mol. The second kappa shape index (κ2) is 7.28. The molecule has 1 rings (SSSR count). The molecule has 0 bridgehead atoms. The zero-order valence-corrected chi connectivity index (χ0v) is 12.5. The largest absolute Gasteiger partial charge is 0.398 e. The van der Waals surface area contributed by atoms with Crippen LogP contribution in [0.15, 0.2) is 40.6 Å². The molecule has 0 atom stereocenters.